The van der Waals surface area contributed by atoms with Crippen molar-refractivity contribution in [1.29, 1.82) is 0 Å². The number of thioether (sulfide) groups is 2. The highest BCUT2D eigenvalue weighted by atomic mass is 32.2. The van der Waals surface area contributed by atoms with Gasteiger partial charge in [0.25, 0.3) is 0 Å². The van der Waals surface area contributed by atoms with Crippen molar-refractivity contribution in [1.82, 2.24) is 15.5 Å². The van der Waals surface area contributed by atoms with E-state index in [0.717, 1.165) is 11.6 Å². The largest absolute Gasteiger partial charge is 0.338 e. The lowest BCUT2D eigenvalue weighted by molar-refractivity contribution is 0.358. The molecule has 0 aliphatic carbocycles. The van der Waals surface area contributed by atoms with E-state index in [1.165, 1.54) is 11.5 Å². The summed E-state index contributed by atoms with van der Waals surface area (Å²) in [6.45, 7) is 4.87. The van der Waals surface area contributed by atoms with E-state index in [2.05, 4.69) is 29.3 Å². The van der Waals surface area contributed by atoms with Gasteiger partial charge in [0.05, 0.1) is 11.8 Å². The van der Waals surface area contributed by atoms with Crippen LogP contribution in [0.5, 0.6) is 0 Å². The number of nitrogens with zero attached hydrogens (tertiary/aromatic N) is 2. The molecule has 6 heteroatoms. The maximum absolute atomic E-state index is 5.22. The molecule has 1 aliphatic rings. The lowest BCUT2D eigenvalue weighted by Crippen LogP contribution is -2.22. The average Bonchev–Trinajstić information content (AvgIpc) is 2.76. The number of hydrogen-bond donors (Lipinski definition) is 1. The molecule has 1 fully saturated rings. The lowest BCUT2D eigenvalue weighted by Gasteiger charge is -2.16. The van der Waals surface area contributed by atoms with Crippen LogP contribution >= 0.6 is 23.5 Å². The molecule has 1 N–H and O–H groups in total. The molecule has 2 heterocycles. The number of hydrogen-bond acceptors (Lipinski definition) is 6. The average molecular weight is 259 g/mol. The zero-order valence-electron chi connectivity index (χ0n) is 9.60. The Hall–Kier alpha value is -0.200. The predicted octanol–water partition coefficient (Wildman–Crippen LogP) is 2.09. The third-order valence-electron chi connectivity index (χ3n) is 2.25. The van der Waals surface area contributed by atoms with E-state index in [4.69, 9.17) is 4.52 Å². The van der Waals surface area contributed by atoms with Crippen LogP contribution in [0.3, 0.4) is 0 Å². The van der Waals surface area contributed by atoms with Crippen molar-refractivity contribution in [2.75, 3.05) is 17.3 Å². The molecule has 1 aliphatic heterocycles. The van der Waals surface area contributed by atoms with Crippen LogP contribution in [0.25, 0.3) is 0 Å². The van der Waals surface area contributed by atoms with Gasteiger partial charge in [-0.1, -0.05) is 19.0 Å². The highest BCUT2D eigenvalue weighted by Gasteiger charge is 2.21. The second kappa shape index (κ2) is 5.93. The first kappa shape index (κ1) is 12.3. The van der Waals surface area contributed by atoms with Gasteiger partial charge in [0.1, 0.15) is 0 Å². The summed E-state index contributed by atoms with van der Waals surface area (Å²) in [6, 6.07) is 0.440. The summed E-state index contributed by atoms with van der Waals surface area (Å²) in [7, 11) is 0. The van der Waals surface area contributed by atoms with E-state index in [0.29, 0.717) is 23.7 Å². The Morgan fingerprint density at radius 2 is 2.38 bits per heavy atom. The van der Waals surface area contributed by atoms with Crippen molar-refractivity contribution >= 4 is 23.5 Å². The minimum absolute atomic E-state index is 0.412. The molecule has 0 amide bonds. The summed E-state index contributed by atoms with van der Waals surface area (Å²) < 4.78 is 5.22. The molecule has 1 unspecified atom stereocenters. The standard InChI is InChI=1S/C10H17N3OS2/c1-7(2)11-5-9-12-10(13-14-9)8-6-15-3-4-16-8/h7-8,11H,3-6H2,1-2H3. The zero-order chi connectivity index (χ0) is 11.4. The fourth-order valence-electron chi connectivity index (χ4n) is 1.40. The number of rotatable bonds is 4. The van der Waals surface area contributed by atoms with Crippen LogP contribution in [0.1, 0.15) is 30.8 Å². The van der Waals surface area contributed by atoms with E-state index in [9.17, 15) is 0 Å². The van der Waals surface area contributed by atoms with Crippen LogP contribution in [-0.2, 0) is 6.54 Å². The molecule has 90 valence electrons. The second-order valence-corrected chi connectivity index (χ2v) is 6.48. The zero-order valence-corrected chi connectivity index (χ0v) is 11.2. The molecule has 0 spiro atoms. The van der Waals surface area contributed by atoms with Gasteiger partial charge >= 0.3 is 0 Å². The summed E-state index contributed by atoms with van der Waals surface area (Å²) in [5.41, 5.74) is 0. The van der Waals surface area contributed by atoms with Gasteiger partial charge in [0.2, 0.25) is 5.89 Å². The van der Waals surface area contributed by atoms with Gasteiger partial charge in [0.15, 0.2) is 5.82 Å². The maximum Gasteiger partial charge on any atom is 0.240 e. The molecule has 1 aromatic heterocycles. The molecular formula is C10H17N3OS2. The third-order valence-corrected chi connectivity index (χ3v) is 5.00. The summed E-state index contributed by atoms with van der Waals surface area (Å²) in [5, 5.41) is 7.74. The Balaban J connectivity index is 1.90. The van der Waals surface area contributed by atoms with Crippen molar-refractivity contribution < 1.29 is 4.52 Å². The van der Waals surface area contributed by atoms with Gasteiger partial charge in [0, 0.05) is 23.3 Å². The number of nitrogens with one attached hydrogen (secondary N) is 1. The number of aromatic nitrogens is 2. The van der Waals surface area contributed by atoms with E-state index in [-0.39, 0.29) is 0 Å². The van der Waals surface area contributed by atoms with Crippen molar-refractivity contribution in [2.45, 2.75) is 31.7 Å². The molecule has 1 saturated heterocycles. The predicted molar refractivity (Wildman–Crippen MR) is 68.8 cm³/mol. The third kappa shape index (κ3) is 3.40. The fourth-order valence-corrected chi connectivity index (χ4v) is 3.99. The van der Waals surface area contributed by atoms with Gasteiger partial charge in [-0.2, -0.15) is 16.7 Å². The maximum atomic E-state index is 5.22. The van der Waals surface area contributed by atoms with Gasteiger partial charge in [-0.3, -0.25) is 0 Å². The van der Waals surface area contributed by atoms with E-state index in [1.807, 2.05) is 23.5 Å². The molecule has 16 heavy (non-hydrogen) atoms. The second-order valence-electron chi connectivity index (χ2n) is 4.02. The minimum atomic E-state index is 0.412. The summed E-state index contributed by atoms with van der Waals surface area (Å²) in [6.07, 6.45) is 0. The fraction of sp³-hybridized carbons (Fsp3) is 0.800. The first-order chi connectivity index (χ1) is 7.75. The molecule has 0 bridgehead atoms. The van der Waals surface area contributed by atoms with E-state index < -0.39 is 0 Å². The van der Waals surface area contributed by atoms with Crippen LogP contribution in [0.4, 0.5) is 0 Å². The van der Waals surface area contributed by atoms with Gasteiger partial charge in [-0.05, 0) is 0 Å². The normalized spacial score (nSPS) is 21.6. The highest BCUT2D eigenvalue weighted by Crippen LogP contribution is 2.34. The van der Waals surface area contributed by atoms with Crippen LogP contribution in [0.15, 0.2) is 4.52 Å². The molecular weight excluding hydrogens is 242 g/mol. The summed E-state index contributed by atoms with van der Waals surface area (Å²) >= 11 is 3.90. The molecule has 1 aromatic rings. The Morgan fingerprint density at radius 3 is 3.06 bits per heavy atom. The molecule has 0 radical (unpaired) electrons. The van der Waals surface area contributed by atoms with Gasteiger partial charge in [-0.15, -0.1) is 11.8 Å². The SMILES string of the molecule is CC(C)NCc1nc(C2CSCCS2)no1. The molecule has 0 aromatic carbocycles. The van der Waals surface area contributed by atoms with Crippen molar-refractivity contribution in [3.05, 3.63) is 11.7 Å². The Bertz CT molecular complexity index is 324. The van der Waals surface area contributed by atoms with Crippen LogP contribution < -0.4 is 5.32 Å². The monoisotopic (exact) mass is 259 g/mol. The van der Waals surface area contributed by atoms with Crippen molar-refractivity contribution in [3.63, 3.8) is 0 Å². The Labute approximate surface area is 104 Å². The molecule has 2 rings (SSSR count). The quantitative estimate of drug-likeness (QED) is 0.893. The smallest absolute Gasteiger partial charge is 0.240 e. The van der Waals surface area contributed by atoms with Crippen molar-refractivity contribution in [3.8, 4) is 0 Å². The van der Waals surface area contributed by atoms with Gasteiger partial charge < -0.3 is 9.84 Å². The summed E-state index contributed by atoms with van der Waals surface area (Å²) in [5.74, 6) is 5.07. The van der Waals surface area contributed by atoms with Crippen molar-refractivity contribution in [2.24, 2.45) is 0 Å². The van der Waals surface area contributed by atoms with E-state index >= 15 is 0 Å². The van der Waals surface area contributed by atoms with Gasteiger partial charge in [-0.25, -0.2) is 0 Å². The van der Waals surface area contributed by atoms with Crippen LogP contribution in [0.2, 0.25) is 0 Å². The Morgan fingerprint density at radius 1 is 1.50 bits per heavy atom. The summed E-state index contributed by atoms with van der Waals surface area (Å²) in [4.78, 5) is 4.43. The Kier molecular flexibility index (Phi) is 4.55. The van der Waals surface area contributed by atoms with E-state index in [1.54, 1.807) is 0 Å². The molecule has 4 nitrogen and oxygen atoms in total. The first-order valence-corrected chi connectivity index (χ1v) is 7.71. The molecule has 0 saturated carbocycles. The lowest BCUT2D eigenvalue weighted by atomic mass is 10.4. The topological polar surface area (TPSA) is 51.0 Å². The minimum Gasteiger partial charge on any atom is -0.338 e. The van der Waals surface area contributed by atoms with Crippen LogP contribution in [-0.4, -0.2) is 33.4 Å². The molecule has 1 atom stereocenters. The highest BCUT2D eigenvalue weighted by molar-refractivity contribution is 8.06. The van der Waals surface area contributed by atoms with Crippen LogP contribution in [0, 0.1) is 0 Å². The first-order valence-electron chi connectivity index (χ1n) is 5.51.